The van der Waals surface area contributed by atoms with Gasteiger partial charge in [-0.1, -0.05) is 71.1 Å². The van der Waals surface area contributed by atoms with Crippen molar-refractivity contribution in [3.63, 3.8) is 0 Å². The van der Waals surface area contributed by atoms with Crippen molar-refractivity contribution in [3.05, 3.63) is 71.4 Å². The zero-order chi connectivity index (χ0) is 61.7. The molecule has 2 saturated heterocycles. The number of allylic oxidation sites excluding steroid dienone is 5. The summed E-state index contributed by atoms with van der Waals surface area (Å²) in [6.45, 7) is 15.4. The van der Waals surface area contributed by atoms with Gasteiger partial charge in [0.2, 0.25) is 11.7 Å². The van der Waals surface area contributed by atoms with Gasteiger partial charge in [0, 0.05) is 102 Å². The van der Waals surface area contributed by atoms with E-state index in [1.54, 1.807) is 60.4 Å². The number of piperidine rings is 1. The molecule has 16 atom stereocenters. The first-order chi connectivity index (χ1) is 40.0. The first-order valence-corrected chi connectivity index (χ1v) is 30.4. The van der Waals surface area contributed by atoms with E-state index in [1.807, 2.05) is 58.1 Å². The van der Waals surface area contributed by atoms with Crippen molar-refractivity contribution in [2.45, 2.75) is 219 Å². The van der Waals surface area contributed by atoms with Gasteiger partial charge in [-0.05, 0) is 120 Å². The van der Waals surface area contributed by atoms with E-state index in [4.69, 9.17) is 33.2 Å². The molecule has 3 aliphatic heterocycles. The molecule has 1 aromatic heterocycles. The summed E-state index contributed by atoms with van der Waals surface area (Å²) in [6, 6.07) is -1.17. The number of Topliss-reactive ketones (excluding diaryl/α,β-unsaturated/α-hetero) is 2. The maximum atomic E-state index is 14.7. The van der Waals surface area contributed by atoms with Crippen molar-refractivity contribution in [1.29, 1.82) is 0 Å². The number of esters is 2. The highest BCUT2D eigenvalue weighted by atomic mass is 16.6. The van der Waals surface area contributed by atoms with E-state index in [-0.39, 0.29) is 80.9 Å². The average Bonchev–Trinajstić information content (AvgIpc) is 2.31. The standard InChI is InChI=1S/C64H98N4O16/c1-39-18-13-12-14-19-40(2)53(78-9)34-49-24-22-45(7)64(77,84-49)61(74)62(75)68-27-16-15-20-50(68)63(76)83-54(35-51(69)41(3)31-44(6)59(73)60(80-11)58(72)43(5)30-39)42(4)32-47-23-25-52(55(33-47)79-10)82-57(71)21-17-28-81-29-26-56(70)67-38-48-36-65-46(8)66-37-48/h12-14,18-19,31,36-37,39,41-43,45,47,49-55,59-60,69,73,77H,15-17,20-30,32-35,38H2,1-11H3,(H,67,70)/b14-12+,18-13+,40-19+,44-31+/t39-,41-,42-,43?,45-,47+,49+,50+,51-,52-,53+,54+,55-,59-,60+,64-/m1/s1. The zero-order valence-electron chi connectivity index (χ0n) is 51.7. The monoisotopic (exact) mass is 1180 g/mol. The summed E-state index contributed by atoms with van der Waals surface area (Å²) in [4.78, 5) is 92.2. The highest BCUT2D eigenvalue weighted by Gasteiger charge is 2.53. The smallest absolute Gasteiger partial charge is 0.329 e. The van der Waals surface area contributed by atoms with Crippen molar-refractivity contribution in [3.8, 4) is 0 Å². The van der Waals surface area contributed by atoms with E-state index < -0.39 is 96.1 Å². The van der Waals surface area contributed by atoms with Crippen molar-refractivity contribution >= 4 is 35.3 Å². The summed E-state index contributed by atoms with van der Waals surface area (Å²) in [5, 5.41) is 38.5. The van der Waals surface area contributed by atoms with E-state index in [2.05, 4.69) is 15.3 Å². The number of carbonyl (C=O) groups is 6. The normalized spacial score (nSPS) is 34.6. The van der Waals surface area contributed by atoms with Crippen molar-refractivity contribution in [2.75, 3.05) is 41.1 Å². The number of aliphatic hydroxyl groups excluding tert-OH is 2. The first-order valence-electron chi connectivity index (χ1n) is 30.4. The number of nitrogens with zero attached hydrogens (tertiary/aromatic N) is 3. The number of carbonyl (C=O) groups excluding carboxylic acids is 6. The second kappa shape index (κ2) is 34.3. The molecule has 4 aliphatic rings. The third-order valence-corrected chi connectivity index (χ3v) is 17.4. The number of amides is 2. The molecular weight excluding hydrogens is 1080 g/mol. The molecule has 20 heteroatoms. The van der Waals surface area contributed by atoms with Crippen molar-refractivity contribution in [2.24, 2.45) is 35.5 Å². The van der Waals surface area contributed by atoms with Gasteiger partial charge in [0.1, 0.15) is 36.3 Å². The summed E-state index contributed by atoms with van der Waals surface area (Å²) < 4.78 is 41.6. The van der Waals surface area contributed by atoms with Crippen LogP contribution in [-0.4, -0.2) is 167 Å². The predicted molar refractivity (Wildman–Crippen MR) is 313 cm³/mol. The maximum Gasteiger partial charge on any atom is 0.329 e. The summed E-state index contributed by atoms with van der Waals surface area (Å²) >= 11 is 0. The Hall–Kier alpha value is -5.06. The molecule has 0 radical (unpaired) electrons. The van der Waals surface area contributed by atoms with Crippen molar-refractivity contribution in [1.82, 2.24) is 20.2 Å². The van der Waals surface area contributed by atoms with Crippen LogP contribution in [0.4, 0.5) is 0 Å². The zero-order valence-corrected chi connectivity index (χ0v) is 51.7. The Kier molecular flexibility index (Phi) is 28.5. The van der Waals surface area contributed by atoms with Gasteiger partial charge >= 0.3 is 11.9 Å². The lowest BCUT2D eigenvalue weighted by Gasteiger charge is -2.43. The fourth-order valence-electron chi connectivity index (χ4n) is 12.0. The Balaban J connectivity index is 1.31. The van der Waals surface area contributed by atoms with E-state index in [9.17, 15) is 44.1 Å². The minimum atomic E-state index is -2.46. The largest absolute Gasteiger partial charge is 0.460 e. The van der Waals surface area contributed by atoms with Crippen LogP contribution in [0.15, 0.2) is 60.0 Å². The first kappa shape index (κ1) is 69.7. The summed E-state index contributed by atoms with van der Waals surface area (Å²) in [7, 11) is 4.53. The van der Waals surface area contributed by atoms with Crippen molar-refractivity contribution < 1.29 is 77.2 Å². The summed E-state index contributed by atoms with van der Waals surface area (Å²) in [6.07, 6.45) is 14.0. The molecule has 4 heterocycles. The molecule has 1 aromatic rings. The lowest BCUT2D eigenvalue weighted by molar-refractivity contribution is -0.265. The van der Waals surface area contributed by atoms with Crippen LogP contribution < -0.4 is 5.32 Å². The van der Waals surface area contributed by atoms with E-state index in [0.717, 1.165) is 11.1 Å². The predicted octanol–water partition coefficient (Wildman–Crippen LogP) is 7.13. The highest BCUT2D eigenvalue weighted by Crippen LogP contribution is 2.38. The highest BCUT2D eigenvalue weighted by molar-refractivity contribution is 6.39. The maximum absolute atomic E-state index is 14.7. The summed E-state index contributed by atoms with van der Waals surface area (Å²) in [5.41, 5.74) is 2.08. The van der Waals surface area contributed by atoms with Gasteiger partial charge in [0.05, 0.1) is 31.0 Å². The van der Waals surface area contributed by atoms with E-state index >= 15 is 0 Å². The molecule has 2 amide bonds. The van der Waals surface area contributed by atoms with Gasteiger partial charge in [-0.25, -0.2) is 14.8 Å². The Bertz CT molecular complexity index is 2430. The second-order valence-electron chi connectivity index (χ2n) is 24.1. The van der Waals surface area contributed by atoms with Gasteiger partial charge in [0.15, 0.2) is 5.78 Å². The van der Waals surface area contributed by atoms with Gasteiger partial charge in [-0.2, -0.15) is 0 Å². The van der Waals surface area contributed by atoms with Crippen LogP contribution in [0.1, 0.15) is 156 Å². The third-order valence-electron chi connectivity index (χ3n) is 17.4. The molecular formula is C64H98N4O16. The van der Waals surface area contributed by atoms with Crippen LogP contribution in [0.25, 0.3) is 0 Å². The average molecular weight is 1180 g/mol. The molecule has 1 aliphatic carbocycles. The van der Waals surface area contributed by atoms with Gasteiger partial charge < -0.3 is 58.7 Å². The van der Waals surface area contributed by atoms with Crippen LogP contribution in [0.3, 0.4) is 0 Å². The number of hydrogen-bond acceptors (Lipinski definition) is 18. The van der Waals surface area contributed by atoms with E-state index in [0.29, 0.717) is 88.6 Å². The minimum Gasteiger partial charge on any atom is -0.460 e. The number of cyclic esters (lactones) is 1. The number of aliphatic hydroxyl groups is 3. The van der Waals surface area contributed by atoms with E-state index in [1.165, 1.54) is 12.0 Å². The molecule has 84 heavy (non-hydrogen) atoms. The van der Waals surface area contributed by atoms with Gasteiger partial charge in [0.25, 0.3) is 11.7 Å². The number of aryl methyl sites for hydroxylation is 1. The van der Waals surface area contributed by atoms with Gasteiger partial charge in [-0.3, -0.25) is 24.0 Å². The molecule has 1 unspecified atom stereocenters. The number of nitrogens with one attached hydrogen (secondary N) is 1. The quantitative estimate of drug-likeness (QED) is 0.0555. The molecule has 5 rings (SSSR count). The Labute approximate surface area is 497 Å². The molecule has 4 N–H and O–H groups in total. The SMILES string of the molecule is CO[C@H]1C[C@@H]2CC[C@@H](C)[C@@](O)(O2)C(=O)C(=O)N2CCCC[C@H]2C(=O)O[C@H]([C@H](C)C[C@@H]2CC[C@@H](OC(=O)CCCOCCC(=O)NCc3cnc(C)nc3)[C@H](OC)C2)C[C@@H](O)[C@H](C)/C=C(\C)[C@@H](O)[C@@H](OC)C(=O)C(C)C[C@H](C)/C=C/C=C/C=C/1C. The molecule has 0 aromatic carbocycles. The summed E-state index contributed by atoms with van der Waals surface area (Å²) in [5.74, 6) is -7.69. The van der Waals surface area contributed by atoms with Crippen LogP contribution in [0, 0.1) is 42.4 Å². The minimum absolute atomic E-state index is 0.00357. The molecule has 470 valence electrons. The number of ether oxygens (including phenoxy) is 7. The third kappa shape index (κ3) is 20.6. The Morgan fingerprint density at radius 1 is 0.833 bits per heavy atom. The number of methoxy groups -OCH3 is 3. The fourth-order valence-corrected chi connectivity index (χ4v) is 12.0. The lowest BCUT2D eigenvalue weighted by atomic mass is 9.78. The molecule has 20 nitrogen and oxygen atoms in total. The second-order valence-corrected chi connectivity index (χ2v) is 24.1. The molecule has 0 spiro atoms. The van der Waals surface area contributed by atoms with Crippen LogP contribution in [0.2, 0.25) is 0 Å². The Morgan fingerprint density at radius 2 is 1.57 bits per heavy atom. The van der Waals surface area contributed by atoms with Crippen LogP contribution in [-0.2, 0) is 68.5 Å². The topological polar surface area (TPSA) is 269 Å². The Morgan fingerprint density at radius 3 is 2.27 bits per heavy atom. The fraction of sp³-hybridized carbons (Fsp3) is 0.719. The van der Waals surface area contributed by atoms with Crippen LogP contribution >= 0.6 is 0 Å². The number of ketones is 2. The number of rotatable bonds is 16. The number of fused-ring (bicyclic) bond motifs is 3. The van der Waals surface area contributed by atoms with Crippen LogP contribution in [0.5, 0.6) is 0 Å². The lowest BCUT2D eigenvalue weighted by Crippen LogP contribution is -2.61. The van der Waals surface area contributed by atoms with Gasteiger partial charge in [-0.15, -0.1) is 0 Å². The molecule has 3 fully saturated rings. The molecule has 1 saturated carbocycles. The number of aromatic nitrogens is 2. The number of hydrogen-bond donors (Lipinski definition) is 4. The molecule has 2 bridgehead atoms.